The number of sulfonamides is 1. The summed E-state index contributed by atoms with van der Waals surface area (Å²) < 4.78 is 25.8. The van der Waals surface area contributed by atoms with Crippen LogP contribution in [0.4, 0.5) is 4.79 Å². The zero-order valence-electron chi connectivity index (χ0n) is 14.8. The summed E-state index contributed by atoms with van der Waals surface area (Å²) in [5, 5.41) is 5.48. The fraction of sp³-hybridized carbons (Fsp3) is 0.278. The van der Waals surface area contributed by atoms with Crippen molar-refractivity contribution in [3.05, 3.63) is 60.2 Å². The third kappa shape index (κ3) is 5.76. The molecule has 0 bridgehead atoms. The molecule has 0 aliphatic rings. The summed E-state index contributed by atoms with van der Waals surface area (Å²) in [4.78, 5) is 13.3. The number of thioether (sulfide) groups is 1. The van der Waals surface area contributed by atoms with E-state index in [2.05, 4.69) is 10.6 Å². The molecule has 6 nitrogen and oxygen atoms in total. The van der Waals surface area contributed by atoms with Gasteiger partial charge in [-0.3, -0.25) is 0 Å². The third-order valence-electron chi connectivity index (χ3n) is 3.57. The fourth-order valence-corrected chi connectivity index (χ4v) is 4.09. The Morgan fingerprint density at radius 3 is 2.35 bits per heavy atom. The molecule has 2 aromatic rings. The largest absolute Gasteiger partial charge is 0.337 e. The first-order valence-electron chi connectivity index (χ1n) is 8.11. The predicted molar refractivity (Wildman–Crippen MR) is 105 cm³/mol. The van der Waals surface area contributed by atoms with Crippen molar-refractivity contribution in [1.29, 1.82) is 0 Å². The van der Waals surface area contributed by atoms with Gasteiger partial charge in [0.05, 0.1) is 4.90 Å². The van der Waals surface area contributed by atoms with Gasteiger partial charge in [-0.25, -0.2) is 17.5 Å². The molecular formula is C18H23N3O3S2. The Balaban J connectivity index is 1.82. The van der Waals surface area contributed by atoms with Crippen molar-refractivity contribution in [3.8, 4) is 0 Å². The Bertz CT molecular complexity index is 825. The molecule has 0 aliphatic heterocycles. The van der Waals surface area contributed by atoms with Crippen LogP contribution in [0.15, 0.2) is 64.4 Å². The number of hydrogen-bond donors (Lipinski definition) is 2. The highest BCUT2D eigenvalue weighted by molar-refractivity contribution is 7.99. The number of amides is 2. The Labute approximate surface area is 159 Å². The molecule has 26 heavy (non-hydrogen) atoms. The minimum Gasteiger partial charge on any atom is -0.337 e. The van der Waals surface area contributed by atoms with Gasteiger partial charge in [-0.15, -0.1) is 11.8 Å². The molecule has 140 valence electrons. The van der Waals surface area contributed by atoms with E-state index in [1.165, 1.54) is 14.1 Å². The van der Waals surface area contributed by atoms with Crippen LogP contribution in [0.25, 0.3) is 0 Å². The number of rotatable bonds is 8. The highest BCUT2D eigenvalue weighted by Gasteiger charge is 2.20. The summed E-state index contributed by atoms with van der Waals surface area (Å²) >= 11 is 1.66. The van der Waals surface area contributed by atoms with Gasteiger partial charge in [0.2, 0.25) is 10.0 Å². The van der Waals surface area contributed by atoms with Gasteiger partial charge in [0.1, 0.15) is 0 Å². The van der Waals surface area contributed by atoms with Crippen LogP contribution in [0.1, 0.15) is 5.56 Å². The average molecular weight is 394 g/mol. The molecule has 2 aromatic carbocycles. The zero-order valence-corrected chi connectivity index (χ0v) is 16.4. The first-order valence-corrected chi connectivity index (χ1v) is 10.5. The fourth-order valence-electron chi connectivity index (χ4n) is 2.19. The van der Waals surface area contributed by atoms with Gasteiger partial charge in [-0.2, -0.15) is 0 Å². The van der Waals surface area contributed by atoms with E-state index in [4.69, 9.17) is 0 Å². The monoisotopic (exact) mass is 393 g/mol. The molecular weight excluding hydrogens is 370 g/mol. The second-order valence-corrected chi connectivity index (χ2v) is 8.95. The van der Waals surface area contributed by atoms with Crippen LogP contribution in [0.3, 0.4) is 0 Å². The summed E-state index contributed by atoms with van der Waals surface area (Å²) in [5.74, 6) is 0.753. The molecule has 0 radical (unpaired) electrons. The van der Waals surface area contributed by atoms with Crippen molar-refractivity contribution in [3.63, 3.8) is 0 Å². The molecule has 0 saturated carbocycles. The molecule has 0 aliphatic carbocycles. The second kappa shape index (κ2) is 9.61. The topological polar surface area (TPSA) is 78.5 Å². The number of benzene rings is 2. The first-order chi connectivity index (χ1) is 12.4. The highest BCUT2D eigenvalue weighted by Crippen LogP contribution is 2.18. The Morgan fingerprint density at radius 2 is 1.65 bits per heavy atom. The van der Waals surface area contributed by atoms with Crippen LogP contribution in [0.2, 0.25) is 0 Å². The summed E-state index contributed by atoms with van der Waals surface area (Å²) in [7, 11) is -0.583. The van der Waals surface area contributed by atoms with E-state index in [1.54, 1.807) is 36.0 Å². The number of hydrogen-bond acceptors (Lipinski definition) is 4. The van der Waals surface area contributed by atoms with Crippen LogP contribution < -0.4 is 10.6 Å². The summed E-state index contributed by atoms with van der Waals surface area (Å²) in [6.07, 6.45) is 0. The molecule has 0 unspecified atom stereocenters. The lowest BCUT2D eigenvalue weighted by atomic mass is 10.2. The molecule has 2 N–H and O–H groups in total. The zero-order chi connectivity index (χ0) is 19.0. The second-order valence-electron chi connectivity index (χ2n) is 5.67. The standard InChI is InChI=1S/C18H23N3O3S2/c1-21(2)26(23,24)17-11-7-6-8-15(17)14-20-18(22)19-12-13-25-16-9-4-3-5-10-16/h3-11H,12-14H2,1-2H3,(H2,19,20,22). The van der Waals surface area contributed by atoms with Crippen molar-refractivity contribution in [2.75, 3.05) is 26.4 Å². The SMILES string of the molecule is CN(C)S(=O)(=O)c1ccccc1CNC(=O)NCCSc1ccccc1. The molecule has 0 saturated heterocycles. The minimum absolute atomic E-state index is 0.140. The van der Waals surface area contributed by atoms with Crippen LogP contribution in [-0.2, 0) is 16.6 Å². The summed E-state index contributed by atoms with van der Waals surface area (Å²) in [6, 6.07) is 16.3. The first kappa shape index (κ1) is 20.3. The number of carbonyl (C=O) groups is 1. The molecule has 8 heteroatoms. The van der Waals surface area contributed by atoms with E-state index in [0.29, 0.717) is 12.1 Å². The number of nitrogens with zero attached hydrogens (tertiary/aromatic N) is 1. The van der Waals surface area contributed by atoms with E-state index in [9.17, 15) is 13.2 Å². The third-order valence-corrected chi connectivity index (χ3v) is 6.50. The summed E-state index contributed by atoms with van der Waals surface area (Å²) in [6.45, 7) is 0.657. The molecule has 0 atom stereocenters. The molecule has 0 aromatic heterocycles. The predicted octanol–water partition coefficient (Wildman–Crippen LogP) is 2.53. The minimum atomic E-state index is -3.55. The van der Waals surface area contributed by atoms with E-state index >= 15 is 0 Å². The van der Waals surface area contributed by atoms with E-state index in [-0.39, 0.29) is 17.5 Å². The Morgan fingerprint density at radius 1 is 1.00 bits per heavy atom. The lowest BCUT2D eigenvalue weighted by molar-refractivity contribution is 0.241. The van der Waals surface area contributed by atoms with E-state index in [1.807, 2.05) is 30.3 Å². The van der Waals surface area contributed by atoms with Crippen molar-refractivity contribution >= 4 is 27.8 Å². The van der Waals surface area contributed by atoms with Crippen LogP contribution in [0, 0.1) is 0 Å². The number of urea groups is 1. The average Bonchev–Trinajstić information content (AvgIpc) is 2.64. The molecule has 0 spiro atoms. The Kier molecular flexibility index (Phi) is 7.50. The molecule has 0 fully saturated rings. The van der Waals surface area contributed by atoms with Gasteiger partial charge in [0.25, 0.3) is 0 Å². The van der Waals surface area contributed by atoms with Crippen LogP contribution in [0.5, 0.6) is 0 Å². The number of nitrogens with one attached hydrogen (secondary N) is 2. The highest BCUT2D eigenvalue weighted by atomic mass is 32.2. The van der Waals surface area contributed by atoms with Gasteiger partial charge in [-0.05, 0) is 23.8 Å². The van der Waals surface area contributed by atoms with E-state index < -0.39 is 10.0 Å². The van der Waals surface area contributed by atoms with Crippen molar-refractivity contribution < 1.29 is 13.2 Å². The molecule has 0 heterocycles. The van der Waals surface area contributed by atoms with E-state index in [0.717, 1.165) is 15.0 Å². The smallest absolute Gasteiger partial charge is 0.315 e. The van der Waals surface area contributed by atoms with Gasteiger partial charge in [-0.1, -0.05) is 36.4 Å². The lowest BCUT2D eigenvalue weighted by Gasteiger charge is -2.15. The molecule has 2 amide bonds. The summed E-state index contributed by atoms with van der Waals surface area (Å²) in [5.41, 5.74) is 0.551. The van der Waals surface area contributed by atoms with Crippen LogP contribution in [-0.4, -0.2) is 45.1 Å². The van der Waals surface area contributed by atoms with Crippen molar-refractivity contribution in [2.45, 2.75) is 16.3 Å². The normalized spacial score (nSPS) is 11.3. The maximum atomic E-state index is 12.3. The molecule has 2 rings (SSSR count). The van der Waals surface area contributed by atoms with Gasteiger partial charge >= 0.3 is 6.03 Å². The van der Waals surface area contributed by atoms with Gasteiger partial charge in [0.15, 0.2) is 0 Å². The lowest BCUT2D eigenvalue weighted by Crippen LogP contribution is -2.36. The van der Waals surface area contributed by atoms with Crippen molar-refractivity contribution in [2.24, 2.45) is 0 Å². The quantitative estimate of drug-likeness (QED) is 0.534. The maximum absolute atomic E-state index is 12.3. The van der Waals surface area contributed by atoms with Crippen molar-refractivity contribution in [1.82, 2.24) is 14.9 Å². The Hall–Kier alpha value is -2.03. The maximum Gasteiger partial charge on any atom is 0.315 e. The van der Waals surface area contributed by atoms with Crippen LogP contribution >= 0.6 is 11.8 Å². The van der Waals surface area contributed by atoms with Gasteiger partial charge < -0.3 is 10.6 Å². The van der Waals surface area contributed by atoms with Gasteiger partial charge in [0, 0.05) is 37.8 Å². The number of carbonyl (C=O) groups excluding carboxylic acids is 1.